The fourth-order valence-electron chi connectivity index (χ4n) is 3.04. The first-order valence-electron chi connectivity index (χ1n) is 9.74. The van der Waals surface area contributed by atoms with E-state index in [1.807, 2.05) is 37.3 Å². The van der Waals surface area contributed by atoms with Crippen molar-refractivity contribution in [3.63, 3.8) is 0 Å². The number of aryl methyl sites for hydroxylation is 1. The zero-order valence-corrected chi connectivity index (χ0v) is 18.6. The summed E-state index contributed by atoms with van der Waals surface area (Å²) in [5, 5.41) is 2.55. The number of hydrogen-bond donors (Lipinski definition) is 1. The van der Waals surface area contributed by atoms with Gasteiger partial charge in [0.2, 0.25) is 21.8 Å². The van der Waals surface area contributed by atoms with Gasteiger partial charge in [-0.25, -0.2) is 8.42 Å². The van der Waals surface area contributed by atoms with Crippen molar-refractivity contribution in [2.75, 3.05) is 27.2 Å². The number of rotatable bonds is 9. The molecule has 0 heterocycles. The number of carbonyl (C=O) groups excluding carboxylic acids is 2. The Labute approximate surface area is 178 Å². The molecule has 0 aliphatic heterocycles. The molecule has 0 spiro atoms. The summed E-state index contributed by atoms with van der Waals surface area (Å²) in [6.45, 7) is 3.45. The van der Waals surface area contributed by atoms with Crippen molar-refractivity contribution >= 4 is 21.8 Å². The molecule has 0 aliphatic carbocycles. The third-order valence-corrected chi connectivity index (χ3v) is 6.80. The number of benzene rings is 2. The maximum absolute atomic E-state index is 13.0. The minimum atomic E-state index is -3.82. The van der Waals surface area contributed by atoms with Gasteiger partial charge in [0.05, 0.1) is 11.4 Å². The smallest absolute Gasteiger partial charge is 0.243 e. The fourth-order valence-corrected chi connectivity index (χ4v) is 4.16. The Morgan fingerprint density at radius 1 is 1.03 bits per heavy atom. The Kier molecular flexibility index (Phi) is 8.14. The van der Waals surface area contributed by atoms with Gasteiger partial charge in [-0.15, -0.1) is 0 Å². The zero-order chi connectivity index (χ0) is 22.3. The number of nitrogens with one attached hydrogen (secondary N) is 1. The molecular formula is C22H29N3O4S. The van der Waals surface area contributed by atoms with E-state index in [-0.39, 0.29) is 17.3 Å². The van der Waals surface area contributed by atoms with E-state index in [9.17, 15) is 18.0 Å². The van der Waals surface area contributed by atoms with E-state index in [2.05, 4.69) is 5.32 Å². The highest BCUT2D eigenvalue weighted by Gasteiger charge is 2.29. The number of hydrogen-bond acceptors (Lipinski definition) is 4. The summed E-state index contributed by atoms with van der Waals surface area (Å²) < 4.78 is 26.7. The van der Waals surface area contributed by atoms with Crippen molar-refractivity contribution in [1.29, 1.82) is 0 Å². The Balaban J connectivity index is 2.17. The summed E-state index contributed by atoms with van der Waals surface area (Å²) in [7, 11) is -0.943. The van der Waals surface area contributed by atoms with Gasteiger partial charge >= 0.3 is 0 Å². The average Bonchev–Trinajstić information content (AvgIpc) is 2.74. The predicted molar refractivity (Wildman–Crippen MR) is 116 cm³/mol. The second-order valence-electron chi connectivity index (χ2n) is 7.19. The van der Waals surface area contributed by atoms with Crippen LogP contribution in [0.15, 0.2) is 59.5 Å². The minimum Gasteiger partial charge on any atom is -0.357 e. The van der Waals surface area contributed by atoms with Crippen LogP contribution in [0.4, 0.5) is 0 Å². The summed E-state index contributed by atoms with van der Waals surface area (Å²) in [6, 6.07) is 15.4. The molecule has 7 nitrogen and oxygen atoms in total. The maximum Gasteiger partial charge on any atom is 0.243 e. The minimum absolute atomic E-state index is 0.124. The van der Waals surface area contributed by atoms with E-state index >= 15 is 0 Å². The van der Waals surface area contributed by atoms with Gasteiger partial charge in [0, 0.05) is 20.6 Å². The summed E-state index contributed by atoms with van der Waals surface area (Å²) >= 11 is 0. The van der Waals surface area contributed by atoms with Crippen LogP contribution in [0.5, 0.6) is 0 Å². The van der Waals surface area contributed by atoms with Gasteiger partial charge in [-0.3, -0.25) is 9.59 Å². The van der Waals surface area contributed by atoms with Gasteiger partial charge < -0.3 is 10.2 Å². The normalized spacial score (nSPS) is 12.4. The van der Waals surface area contributed by atoms with Gasteiger partial charge in [0.25, 0.3) is 0 Å². The summed E-state index contributed by atoms with van der Waals surface area (Å²) in [5.74, 6) is -0.735. The molecule has 0 aromatic heterocycles. The van der Waals surface area contributed by atoms with E-state index in [1.165, 1.54) is 31.1 Å². The summed E-state index contributed by atoms with van der Waals surface area (Å²) in [5.41, 5.74) is 1.97. The first-order chi connectivity index (χ1) is 14.2. The van der Waals surface area contributed by atoms with Crippen LogP contribution in [0, 0.1) is 6.92 Å². The van der Waals surface area contributed by atoms with Crippen molar-refractivity contribution < 1.29 is 18.0 Å². The second kappa shape index (κ2) is 10.4. The topological polar surface area (TPSA) is 86.8 Å². The molecule has 0 radical (unpaired) electrons. The first kappa shape index (κ1) is 23.6. The van der Waals surface area contributed by atoms with Crippen molar-refractivity contribution in [3.05, 3.63) is 65.7 Å². The molecule has 0 unspecified atom stereocenters. The number of amides is 2. The third kappa shape index (κ3) is 5.90. The molecule has 1 N–H and O–H groups in total. The van der Waals surface area contributed by atoms with Crippen LogP contribution in [-0.2, 0) is 26.0 Å². The lowest BCUT2D eigenvalue weighted by molar-refractivity contribution is -0.139. The van der Waals surface area contributed by atoms with Crippen molar-refractivity contribution in [1.82, 2.24) is 14.5 Å². The molecule has 2 rings (SSSR count). The molecule has 162 valence electrons. The van der Waals surface area contributed by atoms with Crippen LogP contribution in [0.3, 0.4) is 0 Å². The predicted octanol–water partition coefficient (Wildman–Crippen LogP) is 1.82. The van der Waals surface area contributed by atoms with Gasteiger partial charge in [-0.05, 0) is 38.0 Å². The van der Waals surface area contributed by atoms with Crippen LogP contribution in [0.1, 0.15) is 18.1 Å². The number of likely N-dealkylation sites (N-methyl/N-ethyl adjacent to an activating group) is 2. The molecule has 0 bridgehead atoms. The van der Waals surface area contributed by atoms with Crippen LogP contribution in [0.25, 0.3) is 0 Å². The highest BCUT2D eigenvalue weighted by molar-refractivity contribution is 7.89. The summed E-state index contributed by atoms with van der Waals surface area (Å²) in [6.07, 6.45) is 0.558. The summed E-state index contributed by atoms with van der Waals surface area (Å²) in [4.78, 5) is 26.7. The molecule has 30 heavy (non-hydrogen) atoms. The Morgan fingerprint density at radius 2 is 1.63 bits per heavy atom. The van der Waals surface area contributed by atoms with Crippen LogP contribution in [-0.4, -0.2) is 62.7 Å². The second-order valence-corrected chi connectivity index (χ2v) is 9.23. The molecule has 2 aromatic rings. The van der Waals surface area contributed by atoms with Crippen LogP contribution >= 0.6 is 0 Å². The third-order valence-electron chi connectivity index (χ3n) is 4.98. The SMILES string of the molecule is CNC(=O)[C@@H](C)N(CCc1ccccc1)C(=O)CN(C)S(=O)(=O)c1ccc(C)cc1. The largest absolute Gasteiger partial charge is 0.357 e. The molecule has 1 atom stereocenters. The number of sulfonamides is 1. The fraction of sp³-hybridized carbons (Fsp3) is 0.364. The molecule has 8 heteroatoms. The van der Waals surface area contributed by atoms with Gasteiger partial charge in [-0.1, -0.05) is 48.0 Å². The maximum atomic E-state index is 13.0. The Morgan fingerprint density at radius 3 is 2.20 bits per heavy atom. The zero-order valence-electron chi connectivity index (χ0n) is 17.8. The molecule has 2 amide bonds. The van der Waals surface area contributed by atoms with E-state index in [1.54, 1.807) is 19.1 Å². The lowest BCUT2D eigenvalue weighted by atomic mass is 10.1. The van der Waals surface area contributed by atoms with Gasteiger partial charge in [0.1, 0.15) is 6.04 Å². The van der Waals surface area contributed by atoms with E-state index in [0.29, 0.717) is 13.0 Å². The quantitative estimate of drug-likeness (QED) is 0.656. The molecule has 2 aromatic carbocycles. The van der Waals surface area contributed by atoms with Crippen molar-refractivity contribution in [2.45, 2.75) is 31.2 Å². The van der Waals surface area contributed by atoms with Crippen molar-refractivity contribution in [3.8, 4) is 0 Å². The first-order valence-corrected chi connectivity index (χ1v) is 11.2. The molecule has 0 aliphatic rings. The highest BCUT2D eigenvalue weighted by Crippen LogP contribution is 2.16. The van der Waals surface area contributed by atoms with Gasteiger partial charge in [0.15, 0.2) is 0 Å². The van der Waals surface area contributed by atoms with Crippen LogP contribution < -0.4 is 5.32 Å². The monoisotopic (exact) mass is 431 g/mol. The standard InChI is InChI=1S/C22H29N3O4S/c1-17-10-12-20(13-11-17)30(28,29)24(4)16-21(26)25(18(2)22(27)23-3)15-14-19-8-6-5-7-9-19/h5-13,18H,14-16H2,1-4H3,(H,23,27)/t18-/m1/s1. The average molecular weight is 432 g/mol. The van der Waals surface area contributed by atoms with E-state index < -0.39 is 22.0 Å². The lowest BCUT2D eigenvalue weighted by Gasteiger charge is -2.30. The van der Waals surface area contributed by atoms with Crippen LogP contribution in [0.2, 0.25) is 0 Å². The molecule has 0 fully saturated rings. The number of carbonyl (C=O) groups is 2. The Bertz CT molecular complexity index is 960. The van der Waals surface area contributed by atoms with Gasteiger partial charge in [-0.2, -0.15) is 4.31 Å². The lowest BCUT2D eigenvalue weighted by Crippen LogP contribution is -2.51. The number of nitrogens with zero attached hydrogens (tertiary/aromatic N) is 2. The van der Waals surface area contributed by atoms with E-state index in [0.717, 1.165) is 15.4 Å². The Hall–Kier alpha value is -2.71. The van der Waals surface area contributed by atoms with E-state index in [4.69, 9.17) is 0 Å². The van der Waals surface area contributed by atoms with Crippen molar-refractivity contribution in [2.24, 2.45) is 0 Å². The molecule has 0 saturated carbocycles. The molecular weight excluding hydrogens is 402 g/mol. The highest BCUT2D eigenvalue weighted by atomic mass is 32.2. The molecule has 0 saturated heterocycles.